The van der Waals surface area contributed by atoms with Crippen LogP contribution in [0.25, 0.3) is 0 Å². The van der Waals surface area contributed by atoms with Crippen LogP contribution in [0, 0.1) is 0 Å². The first-order chi connectivity index (χ1) is 13.3. The standard InChI is InChI=1S/C12H26O4S.C10H23N/c1-2-3-4-5-6-7-8-9-10-11-12-16-17(13,14)15;1-4-5-6-7-8-9-10-11(2)3/h2-12H2,1H3,(H,13,14,15);4-10H2,1-3H3. The van der Waals surface area contributed by atoms with Crippen LogP contribution in [0.4, 0.5) is 0 Å². The normalized spacial score (nSPS) is 11.5. The van der Waals surface area contributed by atoms with Gasteiger partial charge in [-0.05, 0) is 33.5 Å². The molecular formula is C22H49NO4S. The van der Waals surface area contributed by atoms with Gasteiger partial charge in [-0.25, -0.2) is 4.18 Å². The molecule has 0 atom stereocenters. The lowest BCUT2D eigenvalue weighted by molar-refractivity contribution is 0.261. The maximum Gasteiger partial charge on any atom is 0.397 e. The Morgan fingerprint density at radius 1 is 0.643 bits per heavy atom. The SMILES string of the molecule is CCCCCCCCCCCCOS(=O)(=O)O.CCCCCCCCN(C)C. The number of rotatable bonds is 19. The summed E-state index contributed by atoms with van der Waals surface area (Å²) < 4.78 is 33.0. The fourth-order valence-corrected chi connectivity index (χ4v) is 3.29. The molecule has 1 N–H and O–H groups in total. The van der Waals surface area contributed by atoms with Gasteiger partial charge >= 0.3 is 10.4 Å². The number of hydrogen-bond donors (Lipinski definition) is 1. The zero-order valence-corrected chi connectivity index (χ0v) is 20.1. The average Bonchev–Trinajstić information content (AvgIpc) is 2.62. The molecule has 0 aliphatic carbocycles. The second kappa shape index (κ2) is 23.1. The average molecular weight is 424 g/mol. The molecule has 0 saturated heterocycles. The van der Waals surface area contributed by atoms with Crippen LogP contribution in [0.15, 0.2) is 0 Å². The van der Waals surface area contributed by atoms with Crippen LogP contribution in [0.1, 0.15) is 117 Å². The second-order valence-corrected chi connectivity index (χ2v) is 9.09. The molecule has 0 saturated carbocycles. The molecule has 0 fully saturated rings. The summed E-state index contributed by atoms with van der Waals surface area (Å²) in [4.78, 5) is 2.26. The van der Waals surface area contributed by atoms with E-state index in [1.807, 2.05) is 0 Å². The van der Waals surface area contributed by atoms with E-state index in [1.165, 1.54) is 90.0 Å². The van der Waals surface area contributed by atoms with Gasteiger partial charge in [-0.1, -0.05) is 104 Å². The topological polar surface area (TPSA) is 66.8 Å². The summed E-state index contributed by atoms with van der Waals surface area (Å²) in [6.07, 6.45) is 20.3. The van der Waals surface area contributed by atoms with Gasteiger partial charge in [0.2, 0.25) is 0 Å². The van der Waals surface area contributed by atoms with Crippen molar-refractivity contribution in [1.82, 2.24) is 4.90 Å². The molecule has 0 aromatic carbocycles. The van der Waals surface area contributed by atoms with Gasteiger partial charge in [0, 0.05) is 0 Å². The zero-order chi connectivity index (χ0) is 21.5. The van der Waals surface area contributed by atoms with E-state index in [4.69, 9.17) is 4.55 Å². The van der Waals surface area contributed by atoms with Crippen molar-refractivity contribution >= 4 is 10.4 Å². The van der Waals surface area contributed by atoms with Gasteiger partial charge in [0.25, 0.3) is 0 Å². The second-order valence-electron chi connectivity index (χ2n) is 8.00. The summed E-state index contributed by atoms with van der Waals surface area (Å²) in [5.41, 5.74) is 0. The molecule has 5 nitrogen and oxygen atoms in total. The summed E-state index contributed by atoms with van der Waals surface area (Å²) in [7, 11) is 0.0554. The smallest absolute Gasteiger partial charge is 0.309 e. The van der Waals surface area contributed by atoms with Gasteiger partial charge in [-0.3, -0.25) is 4.55 Å². The first-order valence-electron chi connectivity index (χ1n) is 11.6. The third-order valence-electron chi connectivity index (χ3n) is 4.69. The van der Waals surface area contributed by atoms with Crippen molar-refractivity contribution in [3.63, 3.8) is 0 Å². The summed E-state index contributed by atoms with van der Waals surface area (Å²) >= 11 is 0. The van der Waals surface area contributed by atoms with Gasteiger partial charge < -0.3 is 4.90 Å². The number of hydrogen-bond acceptors (Lipinski definition) is 4. The molecule has 28 heavy (non-hydrogen) atoms. The highest BCUT2D eigenvalue weighted by atomic mass is 32.3. The molecule has 0 rings (SSSR count). The van der Waals surface area contributed by atoms with E-state index in [0.717, 1.165) is 12.8 Å². The lowest BCUT2D eigenvalue weighted by Crippen LogP contribution is -2.12. The van der Waals surface area contributed by atoms with Crippen LogP contribution < -0.4 is 0 Å². The van der Waals surface area contributed by atoms with Gasteiger partial charge in [0.15, 0.2) is 0 Å². The highest BCUT2D eigenvalue weighted by Crippen LogP contribution is 2.10. The summed E-state index contributed by atoms with van der Waals surface area (Å²) in [5, 5.41) is 0. The molecule has 0 bridgehead atoms. The minimum atomic E-state index is -4.23. The van der Waals surface area contributed by atoms with Crippen molar-refractivity contribution in [2.75, 3.05) is 27.2 Å². The first-order valence-corrected chi connectivity index (χ1v) is 13.0. The predicted octanol–water partition coefficient (Wildman–Crippen LogP) is 6.64. The monoisotopic (exact) mass is 423 g/mol. The molecule has 0 aromatic rings. The largest absolute Gasteiger partial charge is 0.397 e. The van der Waals surface area contributed by atoms with Gasteiger partial charge in [0.05, 0.1) is 6.61 Å². The number of unbranched alkanes of at least 4 members (excludes halogenated alkanes) is 14. The summed E-state index contributed by atoms with van der Waals surface area (Å²) in [6, 6.07) is 0. The van der Waals surface area contributed by atoms with Crippen LogP contribution in [0.3, 0.4) is 0 Å². The zero-order valence-electron chi connectivity index (χ0n) is 19.3. The Morgan fingerprint density at radius 3 is 1.36 bits per heavy atom. The Labute approximate surface area is 176 Å². The maximum absolute atomic E-state index is 10.2. The van der Waals surface area contributed by atoms with E-state index < -0.39 is 10.4 Å². The Kier molecular flexibility index (Phi) is 24.8. The lowest BCUT2D eigenvalue weighted by atomic mass is 10.1. The van der Waals surface area contributed by atoms with E-state index in [9.17, 15) is 8.42 Å². The Balaban J connectivity index is 0. The molecule has 6 heteroatoms. The molecule has 0 aromatic heterocycles. The quantitative estimate of drug-likeness (QED) is 0.186. The highest BCUT2D eigenvalue weighted by Gasteiger charge is 2.02. The van der Waals surface area contributed by atoms with Crippen LogP contribution in [0.2, 0.25) is 0 Å². The van der Waals surface area contributed by atoms with E-state index in [1.54, 1.807) is 0 Å². The molecule has 0 aliphatic heterocycles. The summed E-state index contributed by atoms with van der Waals surface area (Å²) in [6.45, 7) is 5.83. The van der Waals surface area contributed by atoms with Crippen molar-refractivity contribution in [2.24, 2.45) is 0 Å². The van der Waals surface area contributed by atoms with E-state index in [2.05, 4.69) is 37.0 Å². The fraction of sp³-hybridized carbons (Fsp3) is 1.00. The van der Waals surface area contributed by atoms with Crippen molar-refractivity contribution in [2.45, 2.75) is 117 Å². The molecule has 0 aliphatic rings. The number of nitrogens with zero attached hydrogens (tertiary/aromatic N) is 1. The minimum Gasteiger partial charge on any atom is -0.309 e. The van der Waals surface area contributed by atoms with Crippen molar-refractivity contribution < 1.29 is 17.2 Å². The van der Waals surface area contributed by atoms with E-state index in [0.29, 0.717) is 6.42 Å². The van der Waals surface area contributed by atoms with Crippen molar-refractivity contribution in [3.8, 4) is 0 Å². The molecule has 0 unspecified atom stereocenters. The third kappa shape index (κ3) is 33.4. The van der Waals surface area contributed by atoms with Gasteiger partial charge in [-0.2, -0.15) is 8.42 Å². The molecule has 0 heterocycles. The van der Waals surface area contributed by atoms with Crippen LogP contribution in [-0.2, 0) is 14.6 Å². The Morgan fingerprint density at radius 2 is 1.00 bits per heavy atom. The fourth-order valence-electron chi connectivity index (χ4n) is 2.96. The predicted molar refractivity (Wildman–Crippen MR) is 121 cm³/mol. The Hall–Kier alpha value is -0.170. The molecule has 0 radical (unpaired) electrons. The molecular weight excluding hydrogens is 374 g/mol. The van der Waals surface area contributed by atoms with Gasteiger partial charge in [-0.15, -0.1) is 0 Å². The van der Waals surface area contributed by atoms with E-state index in [-0.39, 0.29) is 6.61 Å². The highest BCUT2D eigenvalue weighted by molar-refractivity contribution is 7.80. The molecule has 0 spiro atoms. The third-order valence-corrected chi connectivity index (χ3v) is 5.15. The Bertz CT molecular complexity index is 386. The first kappa shape index (κ1) is 30.0. The van der Waals surface area contributed by atoms with Crippen molar-refractivity contribution in [3.05, 3.63) is 0 Å². The van der Waals surface area contributed by atoms with Crippen LogP contribution in [-0.4, -0.2) is 45.1 Å². The minimum absolute atomic E-state index is 0.0926. The molecule has 172 valence electrons. The van der Waals surface area contributed by atoms with Crippen LogP contribution >= 0.6 is 0 Å². The van der Waals surface area contributed by atoms with E-state index >= 15 is 0 Å². The van der Waals surface area contributed by atoms with Crippen molar-refractivity contribution in [1.29, 1.82) is 0 Å². The lowest BCUT2D eigenvalue weighted by Gasteiger charge is -2.08. The summed E-state index contributed by atoms with van der Waals surface area (Å²) in [5.74, 6) is 0. The maximum atomic E-state index is 10.2. The van der Waals surface area contributed by atoms with Gasteiger partial charge in [0.1, 0.15) is 0 Å². The molecule has 0 amide bonds. The van der Waals surface area contributed by atoms with Crippen LogP contribution in [0.5, 0.6) is 0 Å².